The molecule has 2 N–H and O–H groups in total. The van der Waals surface area contributed by atoms with Crippen molar-refractivity contribution in [3.63, 3.8) is 0 Å². The number of likely N-dealkylation sites (N-methyl/N-ethyl adjacent to an activating group) is 1. The zero-order chi connectivity index (χ0) is 20.4. The van der Waals surface area contributed by atoms with E-state index in [1.54, 1.807) is 7.05 Å². The topological polar surface area (TPSA) is 52.1 Å². The summed E-state index contributed by atoms with van der Waals surface area (Å²) in [5, 5.41) is 6.30. The van der Waals surface area contributed by atoms with Crippen LogP contribution in [0.1, 0.15) is 11.1 Å². The van der Waals surface area contributed by atoms with Crippen LogP contribution < -0.4 is 10.6 Å². The fourth-order valence-corrected chi connectivity index (χ4v) is 3.03. The van der Waals surface area contributed by atoms with Crippen molar-refractivity contribution in [3.8, 4) is 0 Å². The van der Waals surface area contributed by atoms with Crippen LogP contribution in [0.5, 0.6) is 0 Å². The summed E-state index contributed by atoms with van der Waals surface area (Å²) < 4.78 is 42.5. The predicted octanol–water partition coefficient (Wildman–Crippen LogP) is 2.30. The normalized spacial score (nSPS) is 15.9. The van der Waals surface area contributed by atoms with Crippen molar-refractivity contribution in [2.24, 2.45) is 4.99 Å². The van der Waals surface area contributed by atoms with Crippen molar-refractivity contribution < 1.29 is 17.9 Å². The number of nitrogens with zero attached hydrogens (tertiary/aromatic N) is 3. The van der Waals surface area contributed by atoms with Crippen molar-refractivity contribution in [2.45, 2.75) is 19.3 Å². The molecule has 1 fully saturated rings. The van der Waals surface area contributed by atoms with Gasteiger partial charge in [-0.05, 0) is 18.2 Å². The number of aliphatic imine (C=N–C) groups is 1. The Morgan fingerprint density at radius 2 is 1.83 bits per heavy atom. The molecular weight excluding hydrogens is 498 g/mol. The molecule has 0 atom stereocenters. The third-order valence-electron chi connectivity index (χ3n) is 4.52. The first-order valence-electron chi connectivity index (χ1n) is 9.44. The van der Waals surface area contributed by atoms with Crippen molar-refractivity contribution in [3.05, 3.63) is 35.4 Å². The Balaban J connectivity index is 0.00000420. The second-order valence-corrected chi connectivity index (χ2v) is 6.86. The zero-order valence-corrected chi connectivity index (χ0v) is 19.3. The van der Waals surface area contributed by atoms with E-state index >= 15 is 0 Å². The van der Waals surface area contributed by atoms with E-state index in [1.807, 2.05) is 12.1 Å². The lowest BCUT2D eigenvalue weighted by atomic mass is 10.1. The maximum Gasteiger partial charge on any atom is 0.401 e. The molecule has 2 rings (SSSR count). The van der Waals surface area contributed by atoms with Crippen molar-refractivity contribution in [2.75, 3.05) is 60.0 Å². The van der Waals surface area contributed by atoms with Crippen molar-refractivity contribution in [1.29, 1.82) is 0 Å². The molecule has 1 aromatic carbocycles. The summed E-state index contributed by atoms with van der Waals surface area (Å²) >= 11 is 0. The monoisotopic (exact) mass is 529 g/mol. The van der Waals surface area contributed by atoms with Crippen LogP contribution in [-0.2, 0) is 17.8 Å². The maximum atomic E-state index is 12.4. The average molecular weight is 529 g/mol. The summed E-state index contributed by atoms with van der Waals surface area (Å²) in [6.07, 6.45) is -4.18. The van der Waals surface area contributed by atoms with Gasteiger partial charge in [0.05, 0.1) is 19.8 Å². The van der Waals surface area contributed by atoms with Crippen molar-refractivity contribution in [1.82, 2.24) is 20.4 Å². The number of morpholine rings is 1. The number of ether oxygens (including phenoxy) is 1. The molecule has 0 aliphatic carbocycles. The Labute approximate surface area is 187 Å². The Morgan fingerprint density at radius 3 is 2.45 bits per heavy atom. The SMILES string of the molecule is CN=C(NCCN(C)CC(F)(F)F)NCc1ccccc1CN1CCOCC1.I. The Kier molecular flexibility index (Phi) is 11.8. The number of alkyl halides is 3. The zero-order valence-electron chi connectivity index (χ0n) is 17.0. The summed E-state index contributed by atoms with van der Waals surface area (Å²) in [6.45, 7) is 4.57. The first kappa shape index (κ1) is 25.9. The Hall–Kier alpha value is -1.11. The van der Waals surface area contributed by atoms with E-state index < -0.39 is 12.7 Å². The lowest BCUT2D eigenvalue weighted by Crippen LogP contribution is -2.42. The van der Waals surface area contributed by atoms with E-state index in [2.05, 4.69) is 32.7 Å². The van der Waals surface area contributed by atoms with Gasteiger partial charge in [0.1, 0.15) is 0 Å². The molecule has 0 radical (unpaired) electrons. The quantitative estimate of drug-likeness (QED) is 0.308. The van der Waals surface area contributed by atoms with E-state index in [9.17, 15) is 13.2 Å². The third-order valence-corrected chi connectivity index (χ3v) is 4.52. The van der Waals surface area contributed by atoms with E-state index in [0.29, 0.717) is 19.0 Å². The highest BCUT2D eigenvalue weighted by molar-refractivity contribution is 14.0. The predicted molar refractivity (Wildman–Crippen MR) is 120 cm³/mol. The number of benzene rings is 1. The van der Waals surface area contributed by atoms with E-state index in [1.165, 1.54) is 23.1 Å². The number of hydrogen-bond donors (Lipinski definition) is 2. The van der Waals surface area contributed by atoms with Gasteiger partial charge in [0.15, 0.2) is 5.96 Å². The summed E-state index contributed by atoms with van der Waals surface area (Å²) in [5.74, 6) is 0.571. The standard InChI is InChI=1S/C19H30F3N5O.HI/c1-23-18(24-7-8-26(2)15-19(20,21)22)25-13-16-5-3-4-6-17(16)14-27-9-11-28-12-10-27;/h3-6H,7-15H2,1-2H3,(H2,23,24,25);1H. The molecule has 1 aromatic rings. The molecule has 29 heavy (non-hydrogen) atoms. The first-order chi connectivity index (χ1) is 13.4. The number of nitrogens with one attached hydrogen (secondary N) is 2. The van der Waals surface area contributed by atoms with Gasteiger partial charge in [0.2, 0.25) is 0 Å². The molecule has 1 aliphatic rings. The summed E-state index contributed by atoms with van der Waals surface area (Å²) in [7, 11) is 3.10. The fourth-order valence-electron chi connectivity index (χ4n) is 3.03. The molecule has 0 amide bonds. The number of guanidine groups is 1. The van der Waals surface area contributed by atoms with Crippen LogP contribution in [0.15, 0.2) is 29.3 Å². The van der Waals surface area contributed by atoms with Gasteiger partial charge in [0.25, 0.3) is 0 Å². The highest BCUT2D eigenvalue weighted by Crippen LogP contribution is 2.15. The number of hydrogen-bond acceptors (Lipinski definition) is 4. The second-order valence-electron chi connectivity index (χ2n) is 6.86. The molecule has 1 heterocycles. The second kappa shape index (κ2) is 13.2. The molecule has 6 nitrogen and oxygen atoms in total. The van der Waals surface area contributed by atoms with Gasteiger partial charge < -0.3 is 15.4 Å². The largest absolute Gasteiger partial charge is 0.401 e. The summed E-state index contributed by atoms with van der Waals surface area (Å²) in [5.41, 5.74) is 2.42. The van der Waals surface area contributed by atoms with Gasteiger partial charge in [0, 0.05) is 46.3 Å². The van der Waals surface area contributed by atoms with Crippen LogP contribution in [0.25, 0.3) is 0 Å². The van der Waals surface area contributed by atoms with Crippen LogP contribution in [-0.4, -0.2) is 82.0 Å². The van der Waals surface area contributed by atoms with Crippen LogP contribution in [0.2, 0.25) is 0 Å². The van der Waals surface area contributed by atoms with Gasteiger partial charge in [-0.1, -0.05) is 24.3 Å². The van der Waals surface area contributed by atoms with Crippen LogP contribution in [0.3, 0.4) is 0 Å². The van der Waals surface area contributed by atoms with Gasteiger partial charge >= 0.3 is 6.18 Å². The highest BCUT2D eigenvalue weighted by atomic mass is 127. The van der Waals surface area contributed by atoms with Crippen molar-refractivity contribution >= 4 is 29.9 Å². The van der Waals surface area contributed by atoms with Gasteiger partial charge in [-0.15, -0.1) is 24.0 Å². The van der Waals surface area contributed by atoms with E-state index in [4.69, 9.17) is 4.74 Å². The van der Waals surface area contributed by atoms with E-state index in [-0.39, 0.29) is 30.5 Å². The van der Waals surface area contributed by atoms with Gasteiger partial charge in [-0.2, -0.15) is 13.2 Å². The molecule has 1 saturated heterocycles. The first-order valence-corrected chi connectivity index (χ1v) is 9.44. The fraction of sp³-hybridized carbons (Fsp3) is 0.632. The maximum absolute atomic E-state index is 12.4. The molecule has 0 bridgehead atoms. The van der Waals surface area contributed by atoms with Gasteiger partial charge in [-0.3, -0.25) is 14.8 Å². The number of halogens is 4. The Bertz CT molecular complexity index is 624. The van der Waals surface area contributed by atoms with Crippen LogP contribution >= 0.6 is 24.0 Å². The van der Waals surface area contributed by atoms with Gasteiger partial charge in [-0.25, -0.2) is 0 Å². The molecule has 0 spiro atoms. The van der Waals surface area contributed by atoms with Crippen LogP contribution in [0, 0.1) is 0 Å². The molecule has 0 saturated carbocycles. The average Bonchev–Trinajstić information content (AvgIpc) is 2.65. The third kappa shape index (κ3) is 10.5. The van der Waals surface area contributed by atoms with Crippen LogP contribution in [0.4, 0.5) is 13.2 Å². The smallest absolute Gasteiger partial charge is 0.379 e. The minimum absolute atomic E-state index is 0. The molecule has 0 aromatic heterocycles. The lowest BCUT2D eigenvalue weighted by molar-refractivity contribution is -0.142. The lowest BCUT2D eigenvalue weighted by Gasteiger charge is -2.27. The molecule has 166 valence electrons. The number of rotatable bonds is 8. The molecule has 10 heteroatoms. The molecule has 0 unspecified atom stereocenters. The minimum Gasteiger partial charge on any atom is -0.379 e. The summed E-state index contributed by atoms with van der Waals surface area (Å²) in [4.78, 5) is 7.75. The molecule has 1 aliphatic heterocycles. The van der Waals surface area contributed by atoms with E-state index in [0.717, 1.165) is 32.8 Å². The summed E-state index contributed by atoms with van der Waals surface area (Å²) in [6, 6.07) is 8.23. The highest BCUT2D eigenvalue weighted by Gasteiger charge is 2.28. The minimum atomic E-state index is -4.18. The molecular formula is C19H31F3IN5O. The Morgan fingerprint density at radius 1 is 1.17 bits per heavy atom.